The molecule has 124 valence electrons. The predicted molar refractivity (Wildman–Crippen MR) is 92.7 cm³/mol. The highest BCUT2D eigenvalue weighted by molar-refractivity contribution is 6.12. The van der Waals surface area contributed by atoms with Gasteiger partial charge in [0.15, 0.2) is 11.3 Å². The normalized spacial score (nSPS) is 10.6. The van der Waals surface area contributed by atoms with Crippen LogP contribution >= 0.6 is 0 Å². The fourth-order valence-corrected chi connectivity index (χ4v) is 2.47. The van der Waals surface area contributed by atoms with Gasteiger partial charge in [-0.15, -0.1) is 0 Å². The molecule has 0 aliphatic carbocycles. The Balaban J connectivity index is 1.96. The molecule has 0 unspecified atom stereocenters. The summed E-state index contributed by atoms with van der Waals surface area (Å²) < 4.78 is 16.4. The van der Waals surface area contributed by atoms with Crippen LogP contribution in [0.15, 0.2) is 46.9 Å². The summed E-state index contributed by atoms with van der Waals surface area (Å²) in [4.78, 5) is 12.6. The Labute approximate surface area is 139 Å². The number of rotatable bonds is 5. The first kappa shape index (κ1) is 15.7. The van der Waals surface area contributed by atoms with Gasteiger partial charge in [0.05, 0.1) is 25.1 Å². The van der Waals surface area contributed by atoms with E-state index in [1.807, 2.05) is 19.1 Å². The predicted octanol–water partition coefficient (Wildman–Crippen LogP) is 3.67. The second-order valence-corrected chi connectivity index (χ2v) is 5.07. The number of nitrogen functional groups attached to an aromatic ring is 1. The van der Waals surface area contributed by atoms with Crippen LogP contribution < -0.4 is 20.5 Å². The Morgan fingerprint density at radius 1 is 1.17 bits per heavy atom. The van der Waals surface area contributed by atoms with E-state index in [4.69, 9.17) is 19.6 Å². The lowest BCUT2D eigenvalue weighted by Gasteiger charge is -2.10. The molecule has 2 aromatic carbocycles. The van der Waals surface area contributed by atoms with Crippen molar-refractivity contribution in [3.63, 3.8) is 0 Å². The van der Waals surface area contributed by atoms with Crippen LogP contribution in [0.3, 0.4) is 0 Å². The number of para-hydroxylation sites is 3. The summed E-state index contributed by atoms with van der Waals surface area (Å²) in [7, 11) is 1.53. The van der Waals surface area contributed by atoms with Gasteiger partial charge in [0.1, 0.15) is 5.75 Å². The van der Waals surface area contributed by atoms with E-state index in [1.54, 1.807) is 30.3 Å². The second kappa shape index (κ2) is 6.54. The molecular weight excluding hydrogens is 308 g/mol. The number of amides is 1. The second-order valence-electron chi connectivity index (χ2n) is 5.07. The van der Waals surface area contributed by atoms with Crippen LogP contribution in [0, 0.1) is 0 Å². The zero-order valence-corrected chi connectivity index (χ0v) is 13.5. The van der Waals surface area contributed by atoms with Crippen molar-refractivity contribution in [2.45, 2.75) is 6.92 Å². The molecule has 1 amide bonds. The van der Waals surface area contributed by atoms with E-state index in [-0.39, 0.29) is 11.4 Å². The number of nitrogens with two attached hydrogens (primary N) is 1. The zero-order valence-electron chi connectivity index (χ0n) is 13.5. The SMILES string of the molecule is CCOc1ccccc1NC(=O)c1oc2c(OC)cccc2c1N. The maximum Gasteiger partial charge on any atom is 0.293 e. The quantitative estimate of drug-likeness (QED) is 0.747. The molecule has 0 saturated heterocycles. The minimum atomic E-state index is -0.446. The van der Waals surface area contributed by atoms with Crippen molar-refractivity contribution in [1.82, 2.24) is 0 Å². The topological polar surface area (TPSA) is 86.7 Å². The number of hydrogen-bond donors (Lipinski definition) is 2. The summed E-state index contributed by atoms with van der Waals surface area (Å²) in [5.74, 6) is 0.701. The van der Waals surface area contributed by atoms with Gasteiger partial charge in [0, 0.05) is 5.39 Å². The van der Waals surface area contributed by atoms with Crippen molar-refractivity contribution in [3.05, 3.63) is 48.2 Å². The highest BCUT2D eigenvalue weighted by atomic mass is 16.5. The number of ether oxygens (including phenoxy) is 2. The lowest BCUT2D eigenvalue weighted by atomic mass is 10.2. The number of fused-ring (bicyclic) bond motifs is 1. The number of hydrogen-bond acceptors (Lipinski definition) is 5. The fraction of sp³-hybridized carbons (Fsp3) is 0.167. The third-order valence-corrected chi connectivity index (χ3v) is 3.58. The number of nitrogens with one attached hydrogen (secondary N) is 1. The first-order valence-electron chi connectivity index (χ1n) is 7.53. The summed E-state index contributed by atoms with van der Waals surface area (Å²) in [5.41, 5.74) is 7.34. The standard InChI is InChI=1S/C18H18N2O4/c1-3-23-13-9-5-4-8-12(13)20-18(21)17-15(19)11-7-6-10-14(22-2)16(11)24-17/h4-10H,3,19H2,1-2H3,(H,20,21). The highest BCUT2D eigenvalue weighted by Gasteiger charge is 2.21. The number of benzene rings is 2. The Kier molecular flexibility index (Phi) is 4.29. The van der Waals surface area contributed by atoms with Crippen LogP contribution in [0.25, 0.3) is 11.0 Å². The first-order chi connectivity index (χ1) is 11.7. The Morgan fingerprint density at radius 3 is 2.67 bits per heavy atom. The number of carbonyl (C=O) groups is 1. The maximum absolute atomic E-state index is 12.6. The molecule has 0 atom stereocenters. The minimum Gasteiger partial charge on any atom is -0.493 e. The molecule has 0 spiro atoms. The number of anilines is 2. The zero-order chi connectivity index (χ0) is 17.1. The van der Waals surface area contributed by atoms with Crippen LogP contribution in [-0.4, -0.2) is 19.6 Å². The lowest BCUT2D eigenvalue weighted by molar-refractivity contribution is 0.0999. The summed E-state index contributed by atoms with van der Waals surface area (Å²) in [6.07, 6.45) is 0. The molecule has 0 aliphatic heterocycles. The molecule has 3 aromatic rings. The fourth-order valence-electron chi connectivity index (χ4n) is 2.47. The summed E-state index contributed by atoms with van der Waals surface area (Å²) in [6, 6.07) is 12.5. The molecule has 0 aliphatic rings. The van der Waals surface area contributed by atoms with E-state index in [0.29, 0.717) is 34.8 Å². The van der Waals surface area contributed by atoms with E-state index in [0.717, 1.165) is 0 Å². The number of methoxy groups -OCH3 is 1. The van der Waals surface area contributed by atoms with Gasteiger partial charge in [-0.3, -0.25) is 4.79 Å². The van der Waals surface area contributed by atoms with Crippen LogP contribution in [-0.2, 0) is 0 Å². The van der Waals surface area contributed by atoms with Crippen molar-refractivity contribution in [2.24, 2.45) is 0 Å². The maximum atomic E-state index is 12.6. The van der Waals surface area contributed by atoms with Gasteiger partial charge in [-0.2, -0.15) is 0 Å². The van der Waals surface area contributed by atoms with Crippen molar-refractivity contribution < 1.29 is 18.7 Å². The van der Waals surface area contributed by atoms with Crippen molar-refractivity contribution in [3.8, 4) is 11.5 Å². The Bertz CT molecular complexity index is 886. The molecule has 6 heteroatoms. The monoisotopic (exact) mass is 326 g/mol. The molecule has 3 N–H and O–H groups in total. The first-order valence-corrected chi connectivity index (χ1v) is 7.53. The molecular formula is C18H18N2O4. The minimum absolute atomic E-state index is 0.0424. The molecule has 6 nitrogen and oxygen atoms in total. The number of furan rings is 1. The van der Waals surface area contributed by atoms with Crippen LogP contribution in [0.1, 0.15) is 17.5 Å². The molecule has 0 radical (unpaired) electrons. The highest BCUT2D eigenvalue weighted by Crippen LogP contribution is 2.35. The molecule has 3 rings (SSSR count). The molecule has 0 bridgehead atoms. The third-order valence-electron chi connectivity index (χ3n) is 3.58. The Hall–Kier alpha value is -3.15. The van der Waals surface area contributed by atoms with Gasteiger partial charge < -0.3 is 24.9 Å². The summed E-state index contributed by atoms with van der Waals surface area (Å²) in [6.45, 7) is 2.37. The molecule has 0 fully saturated rings. The molecule has 1 aromatic heterocycles. The molecule has 0 saturated carbocycles. The lowest BCUT2D eigenvalue weighted by Crippen LogP contribution is -2.13. The van der Waals surface area contributed by atoms with Crippen molar-refractivity contribution in [1.29, 1.82) is 0 Å². The van der Waals surface area contributed by atoms with Gasteiger partial charge in [-0.05, 0) is 31.2 Å². The average Bonchev–Trinajstić information content (AvgIpc) is 2.94. The smallest absolute Gasteiger partial charge is 0.293 e. The van der Waals surface area contributed by atoms with E-state index >= 15 is 0 Å². The van der Waals surface area contributed by atoms with Gasteiger partial charge in [0.25, 0.3) is 5.91 Å². The number of carbonyl (C=O) groups excluding carboxylic acids is 1. The van der Waals surface area contributed by atoms with Crippen molar-refractivity contribution >= 4 is 28.3 Å². The van der Waals surface area contributed by atoms with Gasteiger partial charge in [-0.25, -0.2) is 0 Å². The van der Waals surface area contributed by atoms with Gasteiger partial charge in [0.2, 0.25) is 5.76 Å². The van der Waals surface area contributed by atoms with E-state index in [2.05, 4.69) is 5.32 Å². The van der Waals surface area contributed by atoms with E-state index in [9.17, 15) is 4.79 Å². The van der Waals surface area contributed by atoms with Crippen LogP contribution in [0.5, 0.6) is 11.5 Å². The summed E-state index contributed by atoms with van der Waals surface area (Å²) in [5, 5.41) is 3.41. The van der Waals surface area contributed by atoms with Crippen LogP contribution in [0.4, 0.5) is 11.4 Å². The van der Waals surface area contributed by atoms with E-state index in [1.165, 1.54) is 7.11 Å². The Morgan fingerprint density at radius 2 is 1.92 bits per heavy atom. The van der Waals surface area contributed by atoms with Crippen molar-refractivity contribution in [2.75, 3.05) is 24.8 Å². The summed E-state index contributed by atoms with van der Waals surface area (Å²) >= 11 is 0. The molecule has 24 heavy (non-hydrogen) atoms. The molecule has 1 heterocycles. The largest absolute Gasteiger partial charge is 0.493 e. The van der Waals surface area contributed by atoms with Gasteiger partial charge in [-0.1, -0.05) is 18.2 Å². The third kappa shape index (κ3) is 2.74. The van der Waals surface area contributed by atoms with Crippen LogP contribution in [0.2, 0.25) is 0 Å². The average molecular weight is 326 g/mol. The van der Waals surface area contributed by atoms with Gasteiger partial charge >= 0.3 is 0 Å². The van der Waals surface area contributed by atoms with E-state index < -0.39 is 5.91 Å².